The van der Waals surface area contributed by atoms with Crippen LogP contribution in [0.5, 0.6) is 0 Å². The molecule has 0 heterocycles. The van der Waals surface area contributed by atoms with Gasteiger partial charge in [-0.25, -0.2) is 9.13 Å². The minimum Gasteiger partial charge on any atom is -0.462 e. The molecular formula is C73H142O17P2. The normalized spacial score (nSPS) is 14.2. The van der Waals surface area contributed by atoms with Crippen molar-refractivity contribution in [1.82, 2.24) is 0 Å². The molecule has 546 valence electrons. The van der Waals surface area contributed by atoms with E-state index in [-0.39, 0.29) is 25.7 Å². The van der Waals surface area contributed by atoms with Crippen molar-refractivity contribution in [3.05, 3.63) is 0 Å². The molecule has 0 aromatic carbocycles. The summed E-state index contributed by atoms with van der Waals surface area (Å²) in [5.41, 5.74) is 0. The van der Waals surface area contributed by atoms with Gasteiger partial charge in [0.2, 0.25) is 0 Å². The number of hydrogen-bond donors (Lipinski definition) is 3. The summed E-state index contributed by atoms with van der Waals surface area (Å²) in [6.45, 7) is 14.1. The molecule has 17 nitrogen and oxygen atoms in total. The van der Waals surface area contributed by atoms with Crippen molar-refractivity contribution in [2.45, 2.75) is 382 Å². The number of carbonyl (C=O) groups excluding carboxylic acids is 4. The highest BCUT2D eigenvalue weighted by atomic mass is 31.2. The molecule has 0 aromatic heterocycles. The SMILES string of the molecule is CC(C)CCCCCCCCCCCCCCCCCC(=O)OC[C@H](COP(=O)(O)OCC(O)COP(=O)(O)OC[C@@H](COC(=O)CCCCCCCCCCC(C)C)OC(=O)CCCCCCCCC(C)C)OC(=O)CCCCCCCCCCCCCC(C)C. The molecule has 0 aliphatic heterocycles. The Balaban J connectivity index is 5.21. The Bertz CT molecular complexity index is 1820. The molecule has 0 rings (SSSR count). The molecule has 0 spiro atoms. The molecule has 3 unspecified atom stereocenters. The summed E-state index contributed by atoms with van der Waals surface area (Å²) < 4.78 is 68.3. The third-order valence-electron chi connectivity index (χ3n) is 16.8. The van der Waals surface area contributed by atoms with E-state index in [0.717, 1.165) is 108 Å². The Kier molecular flexibility index (Phi) is 61.3. The van der Waals surface area contributed by atoms with Gasteiger partial charge in [0.1, 0.15) is 19.3 Å². The second-order valence-corrected chi connectivity index (χ2v) is 31.1. The molecule has 92 heavy (non-hydrogen) atoms. The number of esters is 4. The number of unbranched alkanes of at least 4 members (excludes halogenated alkanes) is 36. The van der Waals surface area contributed by atoms with Crippen molar-refractivity contribution >= 4 is 39.5 Å². The van der Waals surface area contributed by atoms with Gasteiger partial charge in [-0.3, -0.25) is 37.3 Å². The van der Waals surface area contributed by atoms with E-state index in [2.05, 4.69) is 55.4 Å². The quantitative estimate of drug-likeness (QED) is 0.0222. The maximum absolute atomic E-state index is 13.1. The summed E-state index contributed by atoms with van der Waals surface area (Å²) in [5.74, 6) is 0.838. The second kappa shape index (κ2) is 62.6. The topological polar surface area (TPSA) is 237 Å². The summed E-state index contributed by atoms with van der Waals surface area (Å²) in [7, 11) is -9.91. The van der Waals surface area contributed by atoms with Gasteiger partial charge < -0.3 is 33.8 Å². The van der Waals surface area contributed by atoms with Crippen LogP contribution in [0.15, 0.2) is 0 Å². The van der Waals surface area contributed by atoms with Gasteiger partial charge in [-0.2, -0.15) is 0 Å². The van der Waals surface area contributed by atoms with Crippen LogP contribution in [0.3, 0.4) is 0 Å². The fourth-order valence-electron chi connectivity index (χ4n) is 11.0. The zero-order chi connectivity index (χ0) is 68.2. The fraction of sp³-hybridized carbons (Fsp3) is 0.945. The van der Waals surface area contributed by atoms with Gasteiger partial charge in [-0.05, 0) is 49.4 Å². The van der Waals surface area contributed by atoms with Crippen LogP contribution in [0.4, 0.5) is 0 Å². The molecule has 0 aliphatic rings. The van der Waals surface area contributed by atoms with Gasteiger partial charge in [-0.15, -0.1) is 0 Å². The number of phosphoric acid groups is 2. The van der Waals surface area contributed by atoms with Crippen LogP contribution in [0.2, 0.25) is 0 Å². The Morgan fingerprint density at radius 2 is 0.457 bits per heavy atom. The standard InChI is InChI=1S/C73H142O17P2/c1-63(2)49-41-33-25-19-15-12-10-9-11-13-17-21-28-37-45-53-70(75)83-59-68(89-72(77)55-47-39-30-22-18-14-16-20-26-34-42-50-64(3)4)61-87-91(79,80)85-57-67(74)58-86-92(81,82)88-62-69(90-73(78)56-48-40-32-31-36-44-52-66(7)8)60-84-71(76)54-46-38-29-24-23-27-35-43-51-65(5)6/h63-69,74H,9-62H2,1-8H3,(H,79,80)(H,81,82)/t67?,68-,69-/m1/s1. The van der Waals surface area contributed by atoms with Crippen LogP contribution in [0.1, 0.15) is 364 Å². The first-order valence-electron chi connectivity index (χ1n) is 37.7. The minimum absolute atomic E-state index is 0.101. The van der Waals surface area contributed by atoms with E-state index >= 15 is 0 Å². The second-order valence-electron chi connectivity index (χ2n) is 28.2. The van der Waals surface area contributed by atoms with Crippen molar-refractivity contribution < 1.29 is 80.2 Å². The van der Waals surface area contributed by atoms with Crippen molar-refractivity contribution in [2.24, 2.45) is 23.7 Å². The Morgan fingerprint density at radius 1 is 0.272 bits per heavy atom. The number of aliphatic hydroxyl groups excluding tert-OH is 1. The van der Waals surface area contributed by atoms with Gasteiger partial charge in [0.15, 0.2) is 12.2 Å². The average Bonchev–Trinajstić information content (AvgIpc) is 2.46. The molecule has 0 aromatic rings. The van der Waals surface area contributed by atoms with Gasteiger partial charge >= 0.3 is 39.5 Å². The van der Waals surface area contributed by atoms with Gasteiger partial charge in [0.25, 0.3) is 0 Å². The zero-order valence-electron chi connectivity index (χ0n) is 60.2. The van der Waals surface area contributed by atoms with Crippen molar-refractivity contribution in [1.29, 1.82) is 0 Å². The first kappa shape index (κ1) is 90.1. The monoisotopic (exact) mass is 1350 g/mol. The number of phosphoric ester groups is 2. The predicted molar refractivity (Wildman–Crippen MR) is 372 cm³/mol. The lowest BCUT2D eigenvalue weighted by molar-refractivity contribution is -0.161. The summed E-state index contributed by atoms with van der Waals surface area (Å²) in [6, 6.07) is 0. The van der Waals surface area contributed by atoms with E-state index in [1.807, 2.05) is 0 Å². The first-order chi connectivity index (χ1) is 44.1. The number of rotatable bonds is 70. The van der Waals surface area contributed by atoms with Crippen molar-refractivity contribution in [2.75, 3.05) is 39.6 Å². The summed E-state index contributed by atoms with van der Waals surface area (Å²) in [6.07, 6.45) is 46.1. The maximum Gasteiger partial charge on any atom is 0.472 e. The molecule has 0 amide bonds. The van der Waals surface area contributed by atoms with Crippen LogP contribution >= 0.6 is 15.6 Å². The summed E-state index contributed by atoms with van der Waals surface area (Å²) >= 11 is 0. The Hall–Kier alpha value is -1.94. The predicted octanol–water partition coefficient (Wildman–Crippen LogP) is 20.9. The van der Waals surface area contributed by atoms with Crippen LogP contribution in [0, 0.1) is 23.7 Å². The number of carbonyl (C=O) groups is 4. The molecule has 0 fully saturated rings. The van der Waals surface area contributed by atoms with E-state index in [4.69, 9.17) is 37.0 Å². The lowest BCUT2D eigenvalue weighted by Crippen LogP contribution is -2.30. The lowest BCUT2D eigenvalue weighted by Gasteiger charge is -2.21. The highest BCUT2D eigenvalue weighted by Gasteiger charge is 2.30. The summed E-state index contributed by atoms with van der Waals surface area (Å²) in [4.78, 5) is 72.6. The lowest BCUT2D eigenvalue weighted by atomic mass is 10.0. The fourth-order valence-corrected chi connectivity index (χ4v) is 12.6. The molecule has 0 saturated heterocycles. The van der Waals surface area contributed by atoms with E-state index in [1.165, 1.54) is 167 Å². The van der Waals surface area contributed by atoms with Crippen LogP contribution in [0.25, 0.3) is 0 Å². The van der Waals surface area contributed by atoms with Gasteiger partial charge in [0.05, 0.1) is 26.4 Å². The van der Waals surface area contributed by atoms with E-state index in [1.54, 1.807) is 0 Å². The molecule has 0 aliphatic carbocycles. The third kappa shape index (κ3) is 66.7. The molecule has 5 atom stereocenters. The van der Waals surface area contributed by atoms with Crippen LogP contribution in [-0.2, 0) is 65.4 Å². The largest absolute Gasteiger partial charge is 0.472 e. The molecule has 0 bridgehead atoms. The first-order valence-corrected chi connectivity index (χ1v) is 40.7. The van der Waals surface area contributed by atoms with Crippen molar-refractivity contribution in [3.63, 3.8) is 0 Å². The Labute approximate surface area is 562 Å². The highest BCUT2D eigenvalue weighted by molar-refractivity contribution is 7.47. The van der Waals surface area contributed by atoms with E-state index in [9.17, 15) is 43.2 Å². The molecule has 19 heteroatoms. The van der Waals surface area contributed by atoms with Gasteiger partial charge in [-0.1, -0.05) is 312 Å². The minimum atomic E-state index is -4.96. The highest BCUT2D eigenvalue weighted by Crippen LogP contribution is 2.45. The average molecular weight is 1350 g/mol. The van der Waals surface area contributed by atoms with Crippen LogP contribution in [-0.4, -0.2) is 96.7 Å². The number of aliphatic hydroxyl groups is 1. The smallest absolute Gasteiger partial charge is 0.462 e. The van der Waals surface area contributed by atoms with Crippen LogP contribution < -0.4 is 0 Å². The third-order valence-corrected chi connectivity index (χ3v) is 18.7. The zero-order valence-corrected chi connectivity index (χ0v) is 62.0. The van der Waals surface area contributed by atoms with E-state index in [0.29, 0.717) is 31.6 Å². The summed E-state index contributed by atoms with van der Waals surface area (Å²) in [5, 5.41) is 10.6. The Morgan fingerprint density at radius 3 is 0.674 bits per heavy atom. The van der Waals surface area contributed by atoms with Gasteiger partial charge in [0, 0.05) is 25.7 Å². The number of ether oxygens (including phenoxy) is 4. The number of hydrogen-bond acceptors (Lipinski definition) is 15. The molecule has 0 radical (unpaired) electrons. The van der Waals surface area contributed by atoms with E-state index < -0.39 is 97.5 Å². The van der Waals surface area contributed by atoms with Crippen molar-refractivity contribution in [3.8, 4) is 0 Å². The molecule has 0 saturated carbocycles. The maximum atomic E-state index is 13.1. The molecular weight excluding hydrogens is 1210 g/mol. The molecule has 3 N–H and O–H groups in total.